The Morgan fingerprint density at radius 2 is 2.22 bits per heavy atom. The second-order valence-electron chi connectivity index (χ2n) is 4.89. The number of hydrogen-bond donors (Lipinski definition) is 1. The van der Waals surface area contributed by atoms with E-state index in [0.29, 0.717) is 0 Å². The summed E-state index contributed by atoms with van der Waals surface area (Å²) in [7, 11) is 0. The van der Waals surface area contributed by atoms with Crippen LogP contribution in [0.5, 0.6) is 0 Å². The standard InChI is InChI=1S/C11H12F3N5O4/c1-7-8(19(22)23)6-17(16-7)5-2-9(20)18-10(21,3-4-15-18)11(12,13)14/h4,6,21H,2-3,5H2,1H3. The summed E-state index contributed by atoms with van der Waals surface area (Å²) in [5.74, 6) is -1.07. The van der Waals surface area contributed by atoms with Gasteiger partial charge in [-0.3, -0.25) is 19.6 Å². The molecule has 126 valence electrons. The van der Waals surface area contributed by atoms with Gasteiger partial charge >= 0.3 is 11.9 Å². The number of alkyl halides is 3. The highest BCUT2D eigenvalue weighted by Crippen LogP contribution is 2.38. The normalized spacial score (nSPS) is 21.0. The molecule has 0 saturated carbocycles. The van der Waals surface area contributed by atoms with Crippen LogP contribution in [0, 0.1) is 17.0 Å². The first kappa shape index (κ1) is 16.9. The van der Waals surface area contributed by atoms with Crippen molar-refractivity contribution in [1.29, 1.82) is 0 Å². The summed E-state index contributed by atoms with van der Waals surface area (Å²) >= 11 is 0. The Morgan fingerprint density at radius 3 is 2.74 bits per heavy atom. The van der Waals surface area contributed by atoms with Crippen LogP contribution in [0.4, 0.5) is 18.9 Å². The molecule has 1 aliphatic heterocycles. The Morgan fingerprint density at radius 1 is 1.57 bits per heavy atom. The largest absolute Gasteiger partial charge is 0.438 e. The molecular weight excluding hydrogens is 323 g/mol. The van der Waals surface area contributed by atoms with Crippen molar-refractivity contribution in [3.63, 3.8) is 0 Å². The number of nitrogens with zero attached hydrogens (tertiary/aromatic N) is 5. The fraction of sp³-hybridized carbons (Fsp3) is 0.545. The van der Waals surface area contributed by atoms with Crippen LogP contribution in [0.1, 0.15) is 18.5 Å². The number of carbonyl (C=O) groups excluding carboxylic acids is 1. The van der Waals surface area contributed by atoms with E-state index in [0.717, 1.165) is 17.1 Å². The smallest absolute Gasteiger partial charge is 0.362 e. The van der Waals surface area contributed by atoms with Crippen LogP contribution < -0.4 is 0 Å². The number of amides is 1. The van der Waals surface area contributed by atoms with Crippen LogP contribution in [-0.4, -0.2) is 48.8 Å². The number of hydrazone groups is 1. The van der Waals surface area contributed by atoms with Crippen LogP contribution in [-0.2, 0) is 11.3 Å². The molecule has 0 radical (unpaired) electrons. The Kier molecular flexibility index (Phi) is 4.11. The predicted octanol–water partition coefficient (Wildman–Crippen LogP) is 0.959. The molecule has 0 saturated heterocycles. The van der Waals surface area contributed by atoms with E-state index in [1.54, 1.807) is 0 Å². The van der Waals surface area contributed by atoms with Crippen LogP contribution >= 0.6 is 0 Å². The molecule has 1 atom stereocenters. The number of rotatable bonds is 4. The zero-order valence-electron chi connectivity index (χ0n) is 11.8. The highest BCUT2D eigenvalue weighted by molar-refractivity contribution is 5.80. The lowest BCUT2D eigenvalue weighted by Gasteiger charge is -2.32. The number of nitro groups is 1. The quantitative estimate of drug-likeness (QED) is 0.650. The van der Waals surface area contributed by atoms with Gasteiger partial charge in [-0.25, -0.2) is 0 Å². The molecule has 1 aromatic heterocycles. The van der Waals surface area contributed by atoms with E-state index in [1.807, 2.05) is 0 Å². The molecule has 0 bridgehead atoms. The summed E-state index contributed by atoms with van der Waals surface area (Å²) in [6.45, 7) is 1.21. The van der Waals surface area contributed by atoms with Gasteiger partial charge in [0.2, 0.25) is 5.91 Å². The third kappa shape index (κ3) is 3.02. The Bertz CT molecular complexity index is 671. The third-order valence-electron chi connectivity index (χ3n) is 3.29. The number of halogens is 3. The maximum Gasteiger partial charge on any atom is 0.438 e. The average molecular weight is 335 g/mol. The molecule has 1 amide bonds. The van der Waals surface area contributed by atoms with Crippen molar-refractivity contribution in [3.05, 3.63) is 22.0 Å². The first-order valence-corrected chi connectivity index (χ1v) is 6.39. The van der Waals surface area contributed by atoms with E-state index in [-0.39, 0.29) is 22.9 Å². The van der Waals surface area contributed by atoms with Gasteiger partial charge in [0.05, 0.1) is 11.5 Å². The van der Waals surface area contributed by atoms with Crippen molar-refractivity contribution in [2.45, 2.75) is 38.2 Å². The lowest BCUT2D eigenvalue weighted by Crippen LogP contribution is -2.56. The van der Waals surface area contributed by atoms with Gasteiger partial charge in [0.15, 0.2) is 0 Å². The molecule has 1 unspecified atom stereocenters. The summed E-state index contributed by atoms with van der Waals surface area (Å²) in [4.78, 5) is 21.9. The molecule has 2 rings (SSSR count). The maximum absolute atomic E-state index is 12.8. The molecule has 12 heteroatoms. The van der Waals surface area contributed by atoms with Gasteiger partial charge in [0, 0.05) is 19.1 Å². The van der Waals surface area contributed by atoms with Crippen LogP contribution in [0.15, 0.2) is 11.3 Å². The second-order valence-corrected chi connectivity index (χ2v) is 4.89. The molecule has 9 nitrogen and oxygen atoms in total. The molecule has 1 N–H and O–H groups in total. The fourth-order valence-electron chi connectivity index (χ4n) is 2.06. The zero-order valence-corrected chi connectivity index (χ0v) is 11.8. The Balaban J connectivity index is 2.06. The summed E-state index contributed by atoms with van der Waals surface area (Å²) in [5, 5.41) is 27.3. The minimum Gasteiger partial charge on any atom is -0.362 e. The molecule has 0 aromatic carbocycles. The molecule has 23 heavy (non-hydrogen) atoms. The number of hydrogen-bond acceptors (Lipinski definition) is 6. The number of aryl methyl sites for hydroxylation is 2. The van der Waals surface area contributed by atoms with Crippen molar-refractivity contribution in [3.8, 4) is 0 Å². The highest BCUT2D eigenvalue weighted by Gasteiger charge is 2.61. The second kappa shape index (κ2) is 5.61. The lowest BCUT2D eigenvalue weighted by molar-refractivity contribution is -0.385. The molecule has 0 spiro atoms. The summed E-state index contributed by atoms with van der Waals surface area (Å²) < 4.78 is 39.6. The van der Waals surface area contributed by atoms with Gasteiger partial charge in [-0.2, -0.15) is 28.4 Å². The Hall–Kier alpha value is -2.50. The number of carbonyl (C=O) groups is 1. The SMILES string of the molecule is Cc1nn(CCC(=O)N2N=CCC2(O)C(F)(F)F)cc1[N+](=O)[O-]. The van der Waals surface area contributed by atoms with E-state index in [1.165, 1.54) is 6.92 Å². The van der Waals surface area contributed by atoms with Crippen LogP contribution in [0.25, 0.3) is 0 Å². The molecule has 0 aliphatic carbocycles. The van der Waals surface area contributed by atoms with E-state index in [2.05, 4.69) is 10.2 Å². The van der Waals surface area contributed by atoms with Gasteiger partial charge in [-0.15, -0.1) is 0 Å². The van der Waals surface area contributed by atoms with Gasteiger partial charge in [0.1, 0.15) is 11.9 Å². The summed E-state index contributed by atoms with van der Waals surface area (Å²) in [6.07, 6.45) is -4.50. The van der Waals surface area contributed by atoms with Gasteiger partial charge in [-0.1, -0.05) is 0 Å². The zero-order chi connectivity index (χ0) is 17.4. The van der Waals surface area contributed by atoms with E-state index in [4.69, 9.17) is 0 Å². The third-order valence-corrected chi connectivity index (χ3v) is 3.29. The molecule has 0 fully saturated rings. The van der Waals surface area contributed by atoms with Crippen molar-refractivity contribution >= 4 is 17.8 Å². The van der Waals surface area contributed by atoms with Crippen molar-refractivity contribution in [2.24, 2.45) is 5.10 Å². The van der Waals surface area contributed by atoms with E-state index >= 15 is 0 Å². The fourth-order valence-corrected chi connectivity index (χ4v) is 2.06. The summed E-state index contributed by atoms with van der Waals surface area (Å²) in [6, 6.07) is 0. The first-order chi connectivity index (χ1) is 10.6. The minimum absolute atomic E-state index is 0.0161. The summed E-state index contributed by atoms with van der Waals surface area (Å²) in [5.41, 5.74) is -3.51. The lowest BCUT2D eigenvalue weighted by atomic mass is 10.1. The van der Waals surface area contributed by atoms with Crippen molar-refractivity contribution < 1.29 is 28.0 Å². The maximum atomic E-state index is 12.8. The van der Waals surface area contributed by atoms with Crippen LogP contribution in [0.3, 0.4) is 0 Å². The molecule has 1 aliphatic rings. The van der Waals surface area contributed by atoms with Crippen LogP contribution in [0.2, 0.25) is 0 Å². The van der Waals surface area contributed by atoms with Gasteiger partial charge in [-0.05, 0) is 6.92 Å². The van der Waals surface area contributed by atoms with Crippen molar-refractivity contribution in [1.82, 2.24) is 14.8 Å². The van der Waals surface area contributed by atoms with E-state index < -0.39 is 35.6 Å². The van der Waals surface area contributed by atoms with Crippen molar-refractivity contribution in [2.75, 3.05) is 0 Å². The van der Waals surface area contributed by atoms with E-state index in [9.17, 15) is 33.2 Å². The minimum atomic E-state index is -5.06. The molecular formula is C11H12F3N5O4. The van der Waals surface area contributed by atoms with Gasteiger partial charge in [0.25, 0.3) is 5.72 Å². The monoisotopic (exact) mass is 335 g/mol. The molecule has 1 aromatic rings. The number of aromatic nitrogens is 2. The van der Waals surface area contributed by atoms with Gasteiger partial charge < -0.3 is 5.11 Å². The average Bonchev–Trinajstić information content (AvgIpc) is 2.99. The Labute approximate surface area is 127 Å². The predicted molar refractivity (Wildman–Crippen MR) is 69.2 cm³/mol. The highest BCUT2D eigenvalue weighted by atomic mass is 19.4. The number of aliphatic hydroxyl groups is 1. The topological polar surface area (TPSA) is 114 Å². The molecule has 2 heterocycles. The first-order valence-electron chi connectivity index (χ1n) is 6.39.